The lowest BCUT2D eigenvalue weighted by molar-refractivity contribution is 0.112. The number of imidazole rings is 1. The van der Waals surface area contributed by atoms with Gasteiger partial charge in [-0.1, -0.05) is 11.6 Å². The molecule has 0 amide bonds. The number of rotatable bonds is 4. The minimum atomic E-state index is 0.154. The van der Waals surface area contributed by atoms with Crippen LogP contribution in [0, 0.1) is 0 Å². The van der Waals surface area contributed by atoms with Gasteiger partial charge in [-0.25, -0.2) is 15.0 Å². The molecule has 2 aromatic heterocycles. The van der Waals surface area contributed by atoms with Gasteiger partial charge in [0, 0.05) is 26.5 Å². The van der Waals surface area contributed by atoms with E-state index in [4.69, 9.17) is 11.6 Å². The molecule has 18 heavy (non-hydrogen) atoms. The van der Waals surface area contributed by atoms with Gasteiger partial charge in [0.2, 0.25) is 0 Å². The highest BCUT2D eigenvalue weighted by Crippen LogP contribution is 2.21. The summed E-state index contributed by atoms with van der Waals surface area (Å²) in [5.41, 5.74) is 0.288. The molecule has 0 radical (unpaired) electrons. The molecular formula is C11H12ClN5O. The van der Waals surface area contributed by atoms with Gasteiger partial charge < -0.3 is 9.47 Å². The van der Waals surface area contributed by atoms with Crippen LogP contribution in [-0.2, 0) is 13.6 Å². The Morgan fingerprint density at radius 1 is 1.44 bits per heavy atom. The third-order valence-electron chi connectivity index (χ3n) is 2.59. The van der Waals surface area contributed by atoms with E-state index in [1.54, 1.807) is 11.1 Å². The van der Waals surface area contributed by atoms with Gasteiger partial charge in [0.25, 0.3) is 0 Å². The van der Waals surface area contributed by atoms with Crippen molar-refractivity contribution in [2.45, 2.75) is 6.54 Å². The number of aromatic nitrogens is 4. The fraction of sp³-hybridized carbons (Fsp3) is 0.273. The Balaban J connectivity index is 2.29. The van der Waals surface area contributed by atoms with Gasteiger partial charge in [0.15, 0.2) is 6.29 Å². The minimum absolute atomic E-state index is 0.154. The second kappa shape index (κ2) is 5.14. The molecule has 0 fully saturated rings. The summed E-state index contributed by atoms with van der Waals surface area (Å²) >= 11 is 5.86. The van der Waals surface area contributed by atoms with E-state index in [0.717, 1.165) is 5.82 Å². The van der Waals surface area contributed by atoms with Crippen molar-refractivity contribution in [3.63, 3.8) is 0 Å². The van der Waals surface area contributed by atoms with Crippen molar-refractivity contribution in [2.75, 3.05) is 11.9 Å². The topological polar surface area (TPSA) is 63.9 Å². The van der Waals surface area contributed by atoms with Gasteiger partial charge in [-0.2, -0.15) is 0 Å². The lowest BCUT2D eigenvalue weighted by atomic mass is 10.3. The van der Waals surface area contributed by atoms with Crippen molar-refractivity contribution in [2.24, 2.45) is 7.05 Å². The highest BCUT2D eigenvalue weighted by Gasteiger charge is 2.14. The first-order valence-electron chi connectivity index (χ1n) is 5.26. The Bertz CT molecular complexity index is 568. The zero-order chi connectivity index (χ0) is 13.1. The Labute approximate surface area is 109 Å². The van der Waals surface area contributed by atoms with Gasteiger partial charge in [0.05, 0.1) is 12.1 Å². The van der Waals surface area contributed by atoms with Crippen LogP contribution in [0.4, 0.5) is 5.82 Å². The molecule has 2 rings (SSSR count). The molecule has 2 heterocycles. The molecule has 0 unspecified atom stereocenters. The second-order valence-corrected chi connectivity index (χ2v) is 4.19. The van der Waals surface area contributed by atoms with Crippen LogP contribution in [-0.4, -0.2) is 32.9 Å². The Morgan fingerprint density at radius 3 is 2.83 bits per heavy atom. The number of aryl methyl sites for hydroxylation is 1. The fourth-order valence-corrected chi connectivity index (χ4v) is 1.78. The lowest BCUT2D eigenvalue weighted by Gasteiger charge is -2.19. The molecule has 0 aromatic carbocycles. The SMILES string of the molecule is CN(Cc1nccn1C)c1ncnc(Cl)c1C=O. The zero-order valence-corrected chi connectivity index (χ0v) is 10.8. The lowest BCUT2D eigenvalue weighted by Crippen LogP contribution is -2.21. The number of aldehydes is 1. The van der Waals surface area contributed by atoms with Crippen LogP contribution in [0.2, 0.25) is 5.15 Å². The molecule has 6 nitrogen and oxygen atoms in total. The standard InChI is InChI=1S/C11H12ClN5O/c1-16-4-3-13-9(16)5-17(2)11-8(6-18)10(12)14-7-15-11/h3-4,6-7H,5H2,1-2H3. The summed E-state index contributed by atoms with van der Waals surface area (Å²) in [6.07, 6.45) is 5.57. The van der Waals surface area contributed by atoms with E-state index in [1.165, 1.54) is 6.33 Å². The summed E-state index contributed by atoms with van der Waals surface area (Å²) in [5.74, 6) is 1.36. The number of anilines is 1. The maximum Gasteiger partial charge on any atom is 0.156 e. The summed E-state index contributed by atoms with van der Waals surface area (Å²) < 4.78 is 1.90. The van der Waals surface area contributed by atoms with E-state index < -0.39 is 0 Å². The zero-order valence-electron chi connectivity index (χ0n) is 10.0. The molecule has 2 aromatic rings. The van der Waals surface area contributed by atoms with E-state index >= 15 is 0 Å². The maximum atomic E-state index is 11.0. The maximum absolute atomic E-state index is 11.0. The molecule has 94 valence electrons. The molecule has 0 atom stereocenters. The summed E-state index contributed by atoms with van der Waals surface area (Å²) in [6, 6.07) is 0. The normalized spacial score (nSPS) is 10.4. The van der Waals surface area contributed by atoms with Crippen molar-refractivity contribution in [3.05, 3.63) is 35.3 Å². The molecule has 7 heteroatoms. The molecule has 0 saturated heterocycles. The predicted octanol–water partition coefficient (Wildman–Crippen LogP) is 1.31. The van der Waals surface area contributed by atoms with E-state index in [2.05, 4.69) is 15.0 Å². The van der Waals surface area contributed by atoms with E-state index in [9.17, 15) is 4.79 Å². The van der Waals surface area contributed by atoms with Crippen molar-refractivity contribution in [1.29, 1.82) is 0 Å². The molecule has 0 aliphatic heterocycles. The van der Waals surface area contributed by atoms with Crippen LogP contribution in [0.15, 0.2) is 18.7 Å². The summed E-state index contributed by atoms with van der Waals surface area (Å²) in [7, 11) is 3.73. The quantitative estimate of drug-likeness (QED) is 0.616. The smallest absolute Gasteiger partial charge is 0.156 e. The van der Waals surface area contributed by atoms with Gasteiger partial charge in [-0.15, -0.1) is 0 Å². The first-order valence-corrected chi connectivity index (χ1v) is 5.64. The Morgan fingerprint density at radius 2 is 2.22 bits per heavy atom. The van der Waals surface area contributed by atoms with Crippen LogP contribution in [0.3, 0.4) is 0 Å². The Hall–Kier alpha value is -1.95. The number of halogens is 1. The van der Waals surface area contributed by atoms with Crippen LogP contribution in [0.25, 0.3) is 0 Å². The van der Waals surface area contributed by atoms with Gasteiger partial charge in [-0.05, 0) is 0 Å². The summed E-state index contributed by atoms with van der Waals surface area (Å²) in [6.45, 7) is 0.525. The van der Waals surface area contributed by atoms with E-state index in [-0.39, 0.29) is 10.7 Å². The third-order valence-corrected chi connectivity index (χ3v) is 2.89. The van der Waals surface area contributed by atoms with Crippen LogP contribution in [0.5, 0.6) is 0 Å². The summed E-state index contributed by atoms with van der Waals surface area (Å²) in [4.78, 5) is 24.9. The largest absolute Gasteiger partial charge is 0.351 e. The van der Waals surface area contributed by atoms with Gasteiger partial charge in [-0.3, -0.25) is 4.79 Å². The van der Waals surface area contributed by atoms with Crippen LogP contribution < -0.4 is 4.90 Å². The molecule has 0 bridgehead atoms. The number of hydrogen-bond acceptors (Lipinski definition) is 5. The predicted molar refractivity (Wildman–Crippen MR) is 67.7 cm³/mol. The third kappa shape index (κ3) is 2.33. The van der Waals surface area contributed by atoms with Crippen molar-refractivity contribution < 1.29 is 4.79 Å². The van der Waals surface area contributed by atoms with Crippen LogP contribution >= 0.6 is 11.6 Å². The highest BCUT2D eigenvalue weighted by atomic mass is 35.5. The average molecular weight is 266 g/mol. The van der Waals surface area contributed by atoms with Crippen molar-refractivity contribution >= 4 is 23.7 Å². The second-order valence-electron chi connectivity index (χ2n) is 3.83. The average Bonchev–Trinajstić information content (AvgIpc) is 2.74. The number of carbonyl (C=O) groups is 1. The number of carbonyl (C=O) groups excluding carboxylic acids is 1. The molecule has 0 N–H and O–H groups in total. The first-order chi connectivity index (χ1) is 8.63. The fourth-order valence-electron chi connectivity index (χ4n) is 1.61. The van der Waals surface area contributed by atoms with Crippen molar-refractivity contribution in [1.82, 2.24) is 19.5 Å². The highest BCUT2D eigenvalue weighted by molar-refractivity contribution is 6.32. The van der Waals surface area contributed by atoms with Gasteiger partial charge in [0.1, 0.15) is 23.1 Å². The number of nitrogens with zero attached hydrogens (tertiary/aromatic N) is 5. The monoisotopic (exact) mass is 265 g/mol. The van der Waals surface area contributed by atoms with Crippen molar-refractivity contribution in [3.8, 4) is 0 Å². The molecule has 0 aliphatic carbocycles. The van der Waals surface area contributed by atoms with E-state index in [0.29, 0.717) is 18.6 Å². The number of hydrogen-bond donors (Lipinski definition) is 0. The Kier molecular flexibility index (Phi) is 3.57. The summed E-state index contributed by atoms with van der Waals surface area (Å²) in [5, 5.41) is 0.154. The van der Waals surface area contributed by atoms with Gasteiger partial charge >= 0.3 is 0 Å². The molecular weight excluding hydrogens is 254 g/mol. The molecule has 0 saturated carbocycles. The minimum Gasteiger partial charge on any atom is -0.351 e. The molecule has 0 aliphatic rings. The van der Waals surface area contributed by atoms with E-state index in [1.807, 2.05) is 24.9 Å². The van der Waals surface area contributed by atoms with Crippen LogP contribution in [0.1, 0.15) is 16.2 Å². The first kappa shape index (κ1) is 12.5. The molecule has 0 spiro atoms.